The smallest absolute Gasteiger partial charge is 0.228 e. The molecule has 1 amide bonds. The summed E-state index contributed by atoms with van der Waals surface area (Å²) in [6, 6.07) is 4.87. The van der Waals surface area contributed by atoms with Gasteiger partial charge in [0.1, 0.15) is 5.82 Å². The summed E-state index contributed by atoms with van der Waals surface area (Å²) in [6.45, 7) is 2.88. The first-order chi connectivity index (χ1) is 8.24. The van der Waals surface area contributed by atoms with E-state index in [0.29, 0.717) is 6.54 Å². The number of fused-ring (bicyclic) bond motifs is 1. The van der Waals surface area contributed by atoms with Crippen molar-refractivity contribution >= 4 is 5.91 Å². The van der Waals surface area contributed by atoms with Crippen molar-refractivity contribution in [3.63, 3.8) is 0 Å². The Hall–Kier alpha value is -1.42. The Morgan fingerprint density at radius 3 is 2.88 bits per heavy atom. The summed E-state index contributed by atoms with van der Waals surface area (Å²) in [4.78, 5) is 13.9. The number of carbonyl (C=O) groups excluding carboxylic acids is 1. The molecule has 90 valence electrons. The zero-order valence-electron chi connectivity index (χ0n) is 9.58. The van der Waals surface area contributed by atoms with Gasteiger partial charge in [0.25, 0.3) is 0 Å². The van der Waals surface area contributed by atoms with Crippen LogP contribution in [0.2, 0.25) is 0 Å². The maximum atomic E-state index is 13.1. The van der Waals surface area contributed by atoms with Crippen molar-refractivity contribution in [2.24, 2.45) is 5.92 Å². The molecule has 0 bridgehead atoms. The van der Waals surface area contributed by atoms with Gasteiger partial charge in [0.05, 0.1) is 5.92 Å². The van der Waals surface area contributed by atoms with Gasteiger partial charge in [-0.25, -0.2) is 4.39 Å². The van der Waals surface area contributed by atoms with Gasteiger partial charge in [-0.15, -0.1) is 0 Å². The predicted molar refractivity (Wildman–Crippen MR) is 61.9 cm³/mol. The van der Waals surface area contributed by atoms with Crippen molar-refractivity contribution in [3.05, 3.63) is 35.1 Å². The van der Waals surface area contributed by atoms with E-state index >= 15 is 0 Å². The molecule has 0 saturated carbocycles. The highest BCUT2D eigenvalue weighted by atomic mass is 19.1. The van der Waals surface area contributed by atoms with Gasteiger partial charge < -0.3 is 10.2 Å². The summed E-state index contributed by atoms with van der Waals surface area (Å²) in [5, 5.41) is 3.10. The lowest BCUT2D eigenvalue weighted by atomic mass is 9.96. The van der Waals surface area contributed by atoms with E-state index in [4.69, 9.17) is 0 Å². The number of amides is 1. The molecule has 0 aliphatic carbocycles. The standard InChI is InChI=1S/C13H15FN2O/c14-12-2-1-9-3-4-16(8-10(9)5-12)13(17)11-6-15-7-11/h1-2,5,11,15H,3-4,6-8H2. The SMILES string of the molecule is O=C(C1CNC1)N1CCc2ccc(F)cc2C1. The second-order valence-corrected chi connectivity index (χ2v) is 4.78. The van der Waals surface area contributed by atoms with Crippen LogP contribution >= 0.6 is 0 Å². The topological polar surface area (TPSA) is 32.3 Å². The summed E-state index contributed by atoms with van der Waals surface area (Å²) in [7, 11) is 0. The third-order valence-corrected chi connectivity index (χ3v) is 3.62. The fourth-order valence-corrected chi connectivity index (χ4v) is 2.44. The van der Waals surface area contributed by atoms with Crippen molar-refractivity contribution in [3.8, 4) is 0 Å². The van der Waals surface area contributed by atoms with Gasteiger partial charge in [-0.2, -0.15) is 0 Å². The minimum atomic E-state index is -0.219. The van der Waals surface area contributed by atoms with Crippen LogP contribution in [-0.4, -0.2) is 30.4 Å². The number of rotatable bonds is 1. The molecule has 2 aliphatic rings. The van der Waals surface area contributed by atoms with Crippen LogP contribution in [0.25, 0.3) is 0 Å². The van der Waals surface area contributed by atoms with Crippen LogP contribution in [0.3, 0.4) is 0 Å². The first-order valence-electron chi connectivity index (χ1n) is 6.01. The van der Waals surface area contributed by atoms with Crippen LogP contribution in [0.15, 0.2) is 18.2 Å². The van der Waals surface area contributed by atoms with Crippen LogP contribution in [0.5, 0.6) is 0 Å². The molecule has 4 heteroatoms. The Balaban J connectivity index is 1.77. The van der Waals surface area contributed by atoms with Crippen molar-refractivity contribution in [1.29, 1.82) is 0 Å². The Morgan fingerprint density at radius 1 is 1.35 bits per heavy atom. The molecule has 0 aromatic heterocycles. The van der Waals surface area contributed by atoms with Crippen molar-refractivity contribution in [1.82, 2.24) is 10.2 Å². The summed E-state index contributed by atoms with van der Waals surface area (Å²) < 4.78 is 13.1. The molecule has 2 heterocycles. The largest absolute Gasteiger partial charge is 0.338 e. The molecule has 1 aromatic rings. The third kappa shape index (κ3) is 1.93. The van der Waals surface area contributed by atoms with Crippen LogP contribution in [0.1, 0.15) is 11.1 Å². The minimum Gasteiger partial charge on any atom is -0.338 e. The molecule has 2 aliphatic heterocycles. The average Bonchev–Trinajstić information content (AvgIpc) is 2.25. The Bertz CT molecular complexity index is 457. The quantitative estimate of drug-likeness (QED) is 0.784. The number of nitrogens with zero attached hydrogens (tertiary/aromatic N) is 1. The maximum absolute atomic E-state index is 13.1. The Kier molecular flexibility index (Phi) is 2.59. The molecule has 1 N–H and O–H groups in total. The van der Waals surface area contributed by atoms with Gasteiger partial charge in [0.2, 0.25) is 5.91 Å². The number of carbonyl (C=O) groups is 1. The lowest BCUT2D eigenvalue weighted by molar-refractivity contribution is -0.138. The Morgan fingerprint density at radius 2 is 2.18 bits per heavy atom. The van der Waals surface area contributed by atoms with E-state index in [9.17, 15) is 9.18 Å². The predicted octanol–water partition coefficient (Wildman–Crippen LogP) is 0.930. The molecule has 17 heavy (non-hydrogen) atoms. The van der Waals surface area contributed by atoms with Gasteiger partial charge in [-0.1, -0.05) is 6.07 Å². The zero-order valence-corrected chi connectivity index (χ0v) is 9.58. The van der Waals surface area contributed by atoms with Gasteiger partial charge in [-0.3, -0.25) is 4.79 Å². The molecule has 3 nitrogen and oxygen atoms in total. The highest BCUT2D eigenvalue weighted by molar-refractivity contribution is 5.80. The second-order valence-electron chi connectivity index (χ2n) is 4.78. The molecule has 1 aromatic carbocycles. The van der Waals surface area contributed by atoms with E-state index in [0.717, 1.165) is 31.6 Å². The highest BCUT2D eigenvalue weighted by Crippen LogP contribution is 2.22. The normalized spacial score (nSPS) is 19.7. The van der Waals surface area contributed by atoms with E-state index in [2.05, 4.69) is 5.32 Å². The fraction of sp³-hybridized carbons (Fsp3) is 0.462. The van der Waals surface area contributed by atoms with Gasteiger partial charge in [-0.05, 0) is 29.7 Å². The first kappa shape index (κ1) is 10.7. The van der Waals surface area contributed by atoms with E-state index in [1.807, 2.05) is 11.0 Å². The molecular weight excluding hydrogens is 219 g/mol. The highest BCUT2D eigenvalue weighted by Gasteiger charge is 2.30. The summed E-state index contributed by atoms with van der Waals surface area (Å²) >= 11 is 0. The minimum absolute atomic E-state index is 0.130. The Labute approximate surface area is 99.6 Å². The number of hydrogen-bond acceptors (Lipinski definition) is 2. The van der Waals surface area contributed by atoms with Crippen LogP contribution in [-0.2, 0) is 17.8 Å². The molecule has 0 atom stereocenters. The molecule has 1 fully saturated rings. The number of halogens is 1. The van der Waals surface area contributed by atoms with E-state index < -0.39 is 0 Å². The number of nitrogens with one attached hydrogen (secondary N) is 1. The van der Waals surface area contributed by atoms with E-state index in [-0.39, 0.29) is 17.6 Å². The molecule has 0 unspecified atom stereocenters. The second kappa shape index (κ2) is 4.11. The number of hydrogen-bond donors (Lipinski definition) is 1. The molecule has 3 rings (SSSR count). The van der Waals surface area contributed by atoms with Gasteiger partial charge in [0, 0.05) is 26.2 Å². The molecular formula is C13H15FN2O. The van der Waals surface area contributed by atoms with Gasteiger partial charge in [0.15, 0.2) is 0 Å². The van der Waals surface area contributed by atoms with Crippen LogP contribution in [0, 0.1) is 11.7 Å². The van der Waals surface area contributed by atoms with E-state index in [1.165, 1.54) is 11.6 Å². The maximum Gasteiger partial charge on any atom is 0.228 e. The number of benzene rings is 1. The van der Waals surface area contributed by atoms with Crippen molar-refractivity contribution in [2.45, 2.75) is 13.0 Å². The third-order valence-electron chi connectivity index (χ3n) is 3.62. The zero-order chi connectivity index (χ0) is 11.8. The van der Waals surface area contributed by atoms with Crippen molar-refractivity contribution in [2.75, 3.05) is 19.6 Å². The summed E-state index contributed by atoms with van der Waals surface area (Å²) in [6.07, 6.45) is 0.835. The lowest BCUT2D eigenvalue weighted by Crippen LogP contribution is -2.52. The summed E-state index contributed by atoms with van der Waals surface area (Å²) in [5.74, 6) is 0.118. The fourth-order valence-electron chi connectivity index (χ4n) is 2.44. The van der Waals surface area contributed by atoms with E-state index in [1.54, 1.807) is 6.07 Å². The summed E-state index contributed by atoms with van der Waals surface area (Å²) in [5.41, 5.74) is 2.12. The van der Waals surface area contributed by atoms with Gasteiger partial charge >= 0.3 is 0 Å². The monoisotopic (exact) mass is 234 g/mol. The van der Waals surface area contributed by atoms with Crippen LogP contribution in [0.4, 0.5) is 4.39 Å². The first-order valence-corrected chi connectivity index (χ1v) is 6.01. The molecule has 0 radical (unpaired) electrons. The lowest BCUT2D eigenvalue weighted by Gasteiger charge is -2.35. The van der Waals surface area contributed by atoms with Crippen LogP contribution < -0.4 is 5.32 Å². The average molecular weight is 234 g/mol. The molecule has 1 saturated heterocycles. The van der Waals surface area contributed by atoms with Crippen molar-refractivity contribution < 1.29 is 9.18 Å². The molecule has 0 spiro atoms.